The van der Waals surface area contributed by atoms with E-state index in [9.17, 15) is 5.11 Å². The maximum atomic E-state index is 9.71. The maximum Gasteiger partial charge on any atom is 0.164 e. The molecule has 1 N–H and O–H groups in total. The van der Waals surface area contributed by atoms with E-state index in [-0.39, 0.29) is 18.3 Å². The Hall–Kier alpha value is 0.570. The summed E-state index contributed by atoms with van der Waals surface area (Å²) in [7, 11) is 0. The van der Waals surface area contributed by atoms with Gasteiger partial charge in [-0.05, 0) is 13.8 Å². The summed E-state index contributed by atoms with van der Waals surface area (Å²) in [4.78, 5) is 0. The highest BCUT2D eigenvalue weighted by molar-refractivity contribution is 14.1. The zero-order valence-corrected chi connectivity index (χ0v) is 10.4. The van der Waals surface area contributed by atoms with Gasteiger partial charge in [0.2, 0.25) is 0 Å². The summed E-state index contributed by atoms with van der Waals surface area (Å²) in [5, 5.41) is 9.71. The van der Waals surface area contributed by atoms with Crippen molar-refractivity contribution in [2.45, 2.75) is 44.1 Å². The summed E-state index contributed by atoms with van der Waals surface area (Å²) in [5.41, 5.74) is 0. The van der Waals surface area contributed by atoms with Gasteiger partial charge in [-0.3, -0.25) is 0 Å². The van der Waals surface area contributed by atoms with Crippen LogP contribution in [0.25, 0.3) is 0 Å². The van der Waals surface area contributed by atoms with Gasteiger partial charge in [0.25, 0.3) is 0 Å². The molecule has 2 fully saturated rings. The SMILES string of the molecule is CC1(C)O[C@H]2[C@@H]([C@@H](O)CI)OC[C@H]2O1. The number of halogens is 1. The number of aliphatic hydroxyl groups is 1. The molecule has 0 aromatic heterocycles. The van der Waals surface area contributed by atoms with Crippen molar-refractivity contribution in [2.75, 3.05) is 11.0 Å². The first-order valence-electron chi connectivity index (χ1n) is 4.75. The minimum atomic E-state index is -0.539. The molecule has 2 saturated heterocycles. The number of hydrogen-bond donors (Lipinski definition) is 1. The van der Waals surface area contributed by atoms with E-state index < -0.39 is 11.9 Å². The van der Waals surface area contributed by atoms with Crippen LogP contribution in [0.1, 0.15) is 13.8 Å². The van der Waals surface area contributed by atoms with Gasteiger partial charge >= 0.3 is 0 Å². The lowest BCUT2D eigenvalue weighted by atomic mass is 10.1. The smallest absolute Gasteiger partial charge is 0.164 e. The molecule has 0 radical (unpaired) electrons. The first-order valence-corrected chi connectivity index (χ1v) is 6.27. The van der Waals surface area contributed by atoms with E-state index in [1.165, 1.54) is 0 Å². The van der Waals surface area contributed by atoms with Crippen molar-refractivity contribution in [3.05, 3.63) is 0 Å². The van der Waals surface area contributed by atoms with E-state index in [0.29, 0.717) is 11.0 Å². The third-order valence-corrected chi connectivity index (χ3v) is 3.44. The third kappa shape index (κ3) is 1.92. The summed E-state index contributed by atoms with van der Waals surface area (Å²) in [5.74, 6) is -0.539. The van der Waals surface area contributed by atoms with E-state index >= 15 is 0 Å². The molecule has 2 aliphatic heterocycles. The highest BCUT2D eigenvalue weighted by Crippen LogP contribution is 2.36. The van der Waals surface area contributed by atoms with Gasteiger partial charge in [-0.1, -0.05) is 22.6 Å². The van der Waals surface area contributed by atoms with E-state index in [4.69, 9.17) is 14.2 Å². The normalized spacial score (nSPS) is 42.4. The topological polar surface area (TPSA) is 47.9 Å². The van der Waals surface area contributed by atoms with Crippen LogP contribution in [-0.4, -0.2) is 46.3 Å². The lowest BCUT2D eigenvalue weighted by Crippen LogP contribution is -2.39. The molecule has 14 heavy (non-hydrogen) atoms. The van der Waals surface area contributed by atoms with Crippen LogP contribution in [0, 0.1) is 0 Å². The van der Waals surface area contributed by atoms with Crippen LogP contribution in [0.4, 0.5) is 0 Å². The van der Waals surface area contributed by atoms with Crippen LogP contribution in [-0.2, 0) is 14.2 Å². The van der Waals surface area contributed by atoms with E-state index in [1.54, 1.807) is 0 Å². The summed E-state index contributed by atoms with van der Waals surface area (Å²) in [6, 6.07) is 0. The molecule has 82 valence electrons. The minimum absolute atomic E-state index is 0.0207. The van der Waals surface area contributed by atoms with Crippen LogP contribution >= 0.6 is 22.6 Å². The Morgan fingerprint density at radius 1 is 1.50 bits per heavy atom. The van der Waals surface area contributed by atoms with Gasteiger partial charge < -0.3 is 19.3 Å². The molecule has 4 nitrogen and oxygen atoms in total. The van der Waals surface area contributed by atoms with Crippen molar-refractivity contribution in [3.63, 3.8) is 0 Å². The monoisotopic (exact) mass is 314 g/mol. The van der Waals surface area contributed by atoms with Gasteiger partial charge in [-0.2, -0.15) is 0 Å². The number of aliphatic hydroxyl groups excluding tert-OH is 1. The first kappa shape index (κ1) is 11.1. The minimum Gasteiger partial charge on any atom is -0.390 e. The van der Waals surface area contributed by atoms with Crippen LogP contribution < -0.4 is 0 Å². The second-order valence-electron chi connectivity index (χ2n) is 4.16. The number of ether oxygens (including phenoxy) is 3. The van der Waals surface area contributed by atoms with Crippen molar-refractivity contribution < 1.29 is 19.3 Å². The second-order valence-corrected chi connectivity index (χ2v) is 5.04. The number of fused-ring (bicyclic) bond motifs is 1. The highest BCUT2D eigenvalue weighted by Gasteiger charge is 2.51. The second kappa shape index (κ2) is 3.86. The van der Waals surface area contributed by atoms with Crippen molar-refractivity contribution in [1.29, 1.82) is 0 Å². The molecular formula is C9H15IO4. The third-order valence-electron chi connectivity index (χ3n) is 2.54. The summed E-state index contributed by atoms with van der Waals surface area (Å²) >= 11 is 2.14. The van der Waals surface area contributed by atoms with E-state index in [2.05, 4.69) is 22.6 Å². The van der Waals surface area contributed by atoms with Crippen molar-refractivity contribution in [3.8, 4) is 0 Å². The van der Waals surface area contributed by atoms with Crippen LogP contribution in [0.5, 0.6) is 0 Å². The highest BCUT2D eigenvalue weighted by atomic mass is 127. The molecule has 5 heteroatoms. The molecule has 0 unspecified atom stereocenters. The summed E-state index contributed by atoms with van der Waals surface area (Å²) in [6.07, 6.45) is -0.843. The molecule has 2 heterocycles. The van der Waals surface area contributed by atoms with Crippen molar-refractivity contribution >= 4 is 22.6 Å². The van der Waals surface area contributed by atoms with E-state index in [1.807, 2.05) is 13.8 Å². The van der Waals surface area contributed by atoms with Crippen LogP contribution in [0.2, 0.25) is 0 Å². The van der Waals surface area contributed by atoms with Crippen LogP contribution in [0.3, 0.4) is 0 Å². The van der Waals surface area contributed by atoms with Gasteiger partial charge in [-0.15, -0.1) is 0 Å². The Balaban J connectivity index is 2.04. The number of rotatable bonds is 2. The predicted molar refractivity (Wildman–Crippen MR) is 58.5 cm³/mol. The van der Waals surface area contributed by atoms with Gasteiger partial charge in [0.15, 0.2) is 5.79 Å². The molecule has 0 spiro atoms. The Morgan fingerprint density at radius 3 is 2.86 bits per heavy atom. The lowest BCUT2D eigenvalue weighted by molar-refractivity contribution is -0.182. The average Bonchev–Trinajstić information content (AvgIpc) is 2.58. The molecule has 0 amide bonds. The largest absolute Gasteiger partial charge is 0.390 e. The van der Waals surface area contributed by atoms with E-state index in [0.717, 1.165) is 0 Å². The molecule has 0 aliphatic carbocycles. The maximum absolute atomic E-state index is 9.71. The fourth-order valence-corrected chi connectivity index (χ4v) is 2.49. The summed E-state index contributed by atoms with van der Waals surface area (Å²) < 4.78 is 17.4. The standard InChI is InChI=1S/C9H15IO4/c1-9(2)13-6-4-12-7(5(11)3-10)8(6)14-9/h5-8,11H,3-4H2,1-2H3/t5-,6+,7+,8+/m0/s1. The molecule has 0 saturated carbocycles. The van der Waals surface area contributed by atoms with Gasteiger partial charge in [0.1, 0.15) is 18.3 Å². The van der Waals surface area contributed by atoms with Gasteiger partial charge in [-0.25, -0.2) is 0 Å². The lowest BCUT2D eigenvalue weighted by Gasteiger charge is -2.23. The zero-order valence-electron chi connectivity index (χ0n) is 8.27. The zero-order chi connectivity index (χ0) is 10.3. The molecule has 0 aromatic rings. The fraction of sp³-hybridized carbons (Fsp3) is 1.00. The first-order chi connectivity index (χ1) is 6.53. The molecule has 2 rings (SSSR count). The predicted octanol–water partition coefficient (Wildman–Crippen LogP) is 0.701. The van der Waals surface area contributed by atoms with Crippen molar-refractivity contribution in [2.24, 2.45) is 0 Å². The molecule has 0 bridgehead atoms. The molecular weight excluding hydrogens is 299 g/mol. The van der Waals surface area contributed by atoms with Crippen molar-refractivity contribution in [1.82, 2.24) is 0 Å². The molecule has 2 aliphatic rings. The van der Waals surface area contributed by atoms with Gasteiger partial charge in [0.05, 0.1) is 12.7 Å². The van der Waals surface area contributed by atoms with Gasteiger partial charge in [0, 0.05) is 4.43 Å². The average molecular weight is 314 g/mol. The summed E-state index contributed by atoms with van der Waals surface area (Å²) in [6.45, 7) is 4.30. The quantitative estimate of drug-likeness (QED) is 0.602. The Labute approximate surface area is 97.0 Å². The molecule has 0 aromatic carbocycles. The number of hydrogen-bond acceptors (Lipinski definition) is 4. The fourth-order valence-electron chi connectivity index (χ4n) is 1.99. The van der Waals surface area contributed by atoms with Crippen LogP contribution in [0.15, 0.2) is 0 Å². The molecule has 4 atom stereocenters. The Bertz CT molecular complexity index is 221. The number of alkyl halides is 1. The Kier molecular flexibility index (Phi) is 3.05. The Morgan fingerprint density at radius 2 is 2.21 bits per heavy atom.